The van der Waals surface area contributed by atoms with Crippen LogP contribution in [0.4, 0.5) is 20.2 Å². The van der Waals surface area contributed by atoms with Gasteiger partial charge in [0.25, 0.3) is 5.92 Å². The number of benzene rings is 1. The highest BCUT2D eigenvalue weighted by Crippen LogP contribution is 2.35. The lowest BCUT2D eigenvalue weighted by Crippen LogP contribution is -2.56. The van der Waals surface area contributed by atoms with E-state index in [4.69, 9.17) is 0 Å². The van der Waals surface area contributed by atoms with Gasteiger partial charge in [-0.1, -0.05) is 0 Å². The van der Waals surface area contributed by atoms with E-state index < -0.39 is 12.0 Å². The first-order valence-electron chi connectivity index (χ1n) is 8.91. The largest absolute Gasteiger partial charge is 0.386 e. The minimum atomic E-state index is -2.88. The number of likely N-dealkylation sites (N-methyl/N-ethyl adjacent to an activating group) is 1. The number of aromatic nitrogens is 1. The quantitative estimate of drug-likeness (QED) is 0.836. The summed E-state index contributed by atoms with van der Waals surface area (Å²) in [6.07, 6.45) is 1.33. The molecule has 1 fully saturated rings. The zero-order valence-corrected chi connectivity index (χ0v) is 15.8. The molecule has 0 saturated carbocycles. The fraction of sp³-hybridized carbons (Fsp3) is 0.474. The highest BCUT2D eigenvalue weighted by Gasteiger charge is 2.41. The van der Waals surface area contributed by atoms with Gasteiger partial charge in [-0.3, -0.25) is 9.78 Å². The summed E-state index contributed by atoms with van der Waals surface area (Å²) < 4.78 is 28.8. The van der Waals surface area contributed by atoms with Crippen molar-refractivity contribution in [3.63, 3.8) is 0 Å². The van der Waals surface area contributed by atoms with Gasteiger partial charge in [0.2, 0.25) is 5.91 Å². The van der Waals surface area contributed by atoms with Gasteiger partial charge in [-0.15, -0.1) is 0 Å². The number of pyridine rings is 1. The van der Waals surface area contributed by atoms with Crippen LogP contribution in [0.3, 0.4) is 0 Å². The average Bonchev–Trinajstić information content (AvgIpc) is 2.58. The van der Waals surface area contributed by atoms with Crippen LogP contribution < -0.4 is 15.5 Å². The van der Waals surface area contributed by atoms with Crippen molar-refractivity contribution in [2.75, 3.05) is 51.0 Å². The smallest absolute Gasteiger partial charge is 0.267 e. The van der Waals surface area contributed by atoms with Crippen LogP contribution in [0, 0.1) is 0 Å². The molecule has 1 aromatic carbocycles. The minimum absolute atomic E-state index is 0.172. The monoisotopic (exact) mass is 377 g/mol. The Morgan fingerprint density at radius 1 is 1.37 bits per heavy atom. The van der Waals surface area contributed by atoms with Crippen molar-refractivity contribution in [2.24, 2.45) is 0 Å². The molecule has 8 heteroatoms. The number of carbonyl (C=O) groups is 1. The number of rotatable bonds is 5. The maximum absolute atomic E-state index is 14.4. The van der Waals surface area contributed by atoms with Crippen molar-refractivity contribution in [1.82, 2.24) is 15.2 Å². The molecule has 0 bridgehead atoms. The molecule has 0 aliphatic carbocycles. The number of amides is 1. The number of piperidine rings is 1. The Balaban J connectivity index is 1.89. The predicted octanol–water partition coefficient (Wildman–Crippen LogP) is 2.17. The van der Waals surface area contributed by atoms with E-state index in [2.05, 4.69) is 15.6 Å². The van der Waals surface area contributed by atoms with Crippen LogP contribution in [0.15, 0.2) is 30.5 Å². The van der Waals surface area contributed by atoms with Gasteiger partial charge in [0, 0.05) is 37.3 Å². The average molecular weight is 377 g/mol. The molecule has 1 saturated heterocycles. The van der Waals surface area contributed by atoms with Crippen LogP contribution in [-0.4, -0.2) is 68.5 Å². The maximum Gasteiger partial charge on any atom is 0.267 e. The van der Waals surface area contributed by atoms with Gasteiger partial charge in [0.05, 0.1) is 30.3 Å². The van der Waals surface area contributed by atoms with Gasteiger partial charge < -0.3 is 20.4 Å². The van der Waals surface area contributed by atoms with E-state index in [1.54, 1.807) is 43.2 Å². The molecule has 1 amide bonds. The number of halogens is 2. The number of alkyl halides is 2. The molecule has 2 aromatic rings. The molecule has 1 atom stereocenters. The Morgan fingerprint density at radius 2 is 2.15 bits per heavy atom. The molecular formula is C19H25F2N5O. The summed E-state index contributed by atoms with van der Waals surface area (Å²) in [5, 5.41) is 6.63. The molecule has 0 radical (unpaired) electrons. The molecular weight excluding hydrogens is 352 g/mol. The second-order valence-corrected chi connectivity index (χ2v) is 7.22. The van der Waals surface area contributed by atoms with Crippen LogP contribution in [0.2, 0.25) is 0 Å². The molecule has 0 spiro atoms. The summed E-state index contributed by atoms with van der Waals surface area (Å²) in [6.45, 7) is 0.124. The molecule has 1 aliphatic rings. The van der Waals surface area contributed by atoms with Crippen LogP contribution in [0.25, 0.3) is 10.9 Å². The zero-order chi connectivity index (χ0) is 19.6. The third-order valence-electron chi connectivity index (χ3n) is 4.59. The fourth-order valence-corrected chi connectivity index (χ4v) is 3.58. The van der Waals surface area contributed by atoms with Crippen molar-refractivity contribution >= 4 is 28.2 Å². The van der Waals surface area contributed by atoms with E-state index >= 15 is 0 Å². The normalized spacial score (nSPS) is 19.3. The van der Waals surface area contributed by atoms with Gasteiger partial charge in [-0.2, -0.15) is 0 Å². The van der Waals surface area contributed by atoms with Gasteiger partial charge in [0.15, 0.2) is 0 Å². The third kappa shape index (κ3) is 4.44. The molecule has 1 aromatic heterocycles. The number of nitrogens with one attached hydrogen (secondary N) is 2. The number of hydrogen-bond donors (Lipinski definition) is 2. The summed E-state index contributed by atoms with van der Waals surface area (Å²) >= 11 is 0. The highest BCUT2D eigenvalue weighted by atomic mass is 19.3. The van der Waals surface area contributed by atoms with Gasteiger partial charge in [0.1, 0.15) is 0 Å². The predicted molar refractivity (Wildman–Crippen MR) is 104 cm³/mol. The summed E-state index contributed by atoms with van der Waals surface area (Å²) in [6, 6.07) is 6.73. The van der Waals surface area contributed by atoms with Crippen LogP contribution >= 0.6 is 0 Å². The van der Waals surface area contributed by atoms with Crippen LogP contribution in [0.1, 0.15) is 6.42 Å². The van der Waals surface area contributed by atoms with Crippen molar-refractivity contribution < 1.29 is 13.6 Å². The maximum atomic E-state index is 14.4. The summed E-state index contributed by atoms with van der Waals surface area (Å²) in [7, 11) is 5.34. The fourth-order valence-electron chi connectivity index (χ4n) is 3.58. The third-order valence-corrected chi connectivity index (χ3v) is 4.59. The Hall–Kier alpha value is -2.48. The lowest BCUT2D eigenvalue weighted by molar-refractivity contribution is -0.123. The topological polar surface area (TPSA) is 60.5 Å². The summed E-state index contributed by atoms with van der Waals surface area (Å²) in [5.74, 6) is -3.13. The van der Waals surface area contributed by atoms with E-state index in [1.165, 1.54) is 0 Å². The summed E-state index contributed by atoms with van der Waals surface area (Å²) in [5.41, 5.74) is 2.27. The second-order valence-electron chi connectivity index (χ2n) is 7.22. The van der Waals surface area contributed by atoms with E-state index in [1.807, 2.05) is 18.2 Å². The van der Waals surface area contributed by atoms with Gasteiger partial charge in [-0.05, 0) is 38.4 Å². The molecule has 0 unspecified atom stereocenters. The molecule has 146 valence electrons. The Bertz CT molecular complexity index is 827. The zero-order valence-electron chi connectivity index (χ0n) is 15.8. The van der Waals surface area contributed by atoms with Crippen molar-refractivity contribution in [2.45, 2.75) is 18.4 Å². The number of fused-ring (bicyclic) bond motifs is 1. The number of carbonyl (C=O) groups excluding carboxylic acids is 1. The van der Waals surface area contributed by atoms with E-state index in [9.17, 15) is 13.6 Å². The summed E-state index contributed by atoms with van der Waals surface area (Å²) in [4.78, 5) is 19.8. The minimum Gasteiger partial charge on any atom is -0.386 e. The number of nitrogens with zero attached hydrogens (tertiary/aromatic N) is 3. The number of anilines is 2. The highest BCUT2D eigenvalue weighted by molar-refractivity contribution is 5.99. The Morgan fingerprint density at radius 3 is 2.85 bits per heavy atom. The Labute approximate surface area is 157 Å². The van der Waals surface area contributed by atoms with Crippen molar-refractivity contribution in [3.8, 4) is 0 Å². The number of hydrogen-bond acceptors (Lipinski definition) is 5. The van der Waals surface area contributed by atoms with Crippen molar-refractivity contribution in [3.05, 3.63) is 30.5 Å². The van der Waals surface area contributed by atoms with Crippen molar-refractivity contribution in [1.29, 1.82) is 0 Å². The van der Waals surface area contributed by atoms with Crippen LogP contribution in [0.5, 0.6) is 0 Å². The molecule has 2 N–H and O–H groups in total. The standard InChI is InChI=1S/C19H25F2N5O/c1-22-15-6-7-16(14-5-4-8-23-18(14)15)26-10-13(9-19(20,21)12-26)24-17(27)11-25(2)3/h4-8,13,22H,9-12H2,1-3H3,(H,24,27)/t13-/m0/s1. The first kappa shape index (κ1) is 19.3. The second kappa shape index (κ2) is 7.64. The molecule has 2 heterocycles. The van der Waals surface area contributed by atoms with E-state index in [-0.39, 0.29) is 25.4 Å². The van der Waals surface area contributed by atoms with Crippen LogP contribution in [-0.2, 0) is 4.79 Å². The van der Waals surface area contributed by atoms with Gasteiger partial charge in [-0.25, -0.2) is 8.78 Å². The van der Waals surface area contributed by atoms with Gasteiger partial charge >= 0.3 is 0 Å². The first-order chi connectivity index (χ1) is 12.8. The SMILES string of the molecule is CNc1ccc(N2C[C@@H](NC(=O)CN(C)C)CC(F)(F)C2)c2cccnc12. The van der Waals surface area contributed by atoms with E-state index in [0.29, 0.717) is 12.2 Å². The molecule has 6 nitrogen and oxygen atoms in total. The molecule has 1 aliphatic heterocycles. The Kier molecular flexibility index (Phi) is 5.46. The lowest BCUT2D eigenvalue weighted by Gasteiger charge is -2.39. The lowest BCUT2D eigenvalue weighted by atomic mass is 10.00. The first-order valence-corrected chi connectivity index (χ1v) is 8.91. The molecule has 3 rings (SSSR count). The van der Waals surface area contributed by atoms with E-state index in [0.717, 1.165) is 16.6 Å². The molecule has 27 heavy (non-hydrogen) atoms.